The molecule has 1 unspecified atom stereocenters. The molecule has 0 aliphatic heterocycles. The van der Waals surface area contributed by atoms with Gasteiger partial charge in [-0.25, -0.2) is 0 Å². The molecule has 1 aliphatic carbocycles. The van der Waals surface area contributed by atoms with Crippen molar-refractivity contribution in [2.45, 2.75) is 32.7 Å². The van der Waals surface area contributed by atoms with E-state index in [4.69, 9.17) is 14.5 Å². The van der Waals surface area contributed by atoms with Crippen LogP contribution in [0.1, 0.15) is 26.7 Å². The molecule has 0 aromatic heterocycles. The molecular weight excluding hydrogens is 316 g/mol. The molecule has 0 amide bonds. The van der Waals surface area contributed by atoms with Gasteiger partial charge in [0, 0.05) is 24.3 Å². The van der Waals surface area contributed by atoms with Crippen LogP contribution in [0.15, 0.2) is 23.2 Å². The van der Waals surface area contributed by atoms with E-state index in [2.05, 4.69) is 36.6 Å². The summed E-state index contributed by atoms with van der Waals surface area (Å²) >= 11 is 0. The van der Waals surface area contributed by atoms with Crippen molar-refractivity contribution in [3.05, 3.63) is 18.2 Å². The minimum absolute atomic E-state index is 0.505. The Morgan fingerprint density at radius 3 is 2.60 bits per heavy atom. The molecule has 25 heavy (non-hydrogen) atoms. The van der Waals surface area contributed by atoms with Crippen LogP contribution in [0.4, 0.5) is 5.69 Å². The fraction of sp³-hybridized carbons (Fsp3) is 0.632. The van der Waals surface area contributed by atoms with Crippen molar-refractivity contribution in [3.8, 4) is 11.5 Å². The number of hydrogen-bond donors (Lipinski definition) is 2. The predicted octanol–water partition coefficient (Wildman–Crippen LogP) is 2.81. The number of nitrogens with one attached hydrogen (secondary N) is 2. The van der Waals surface area contributed by atoms with E-state index in [0.29, 0.717) is 18.4 Å². The Bertz CT molecular complexity index is 569. The molecule has 6 nitrogen and oxygen atoms in total. The van der Waals surface area contributed by atoms with E-state index in [-0.39, 0.29) is 0 Å². The number of rotatable bonds is 9. The molecule has 1 saturated carbocycles. The Balaban J connectivity index is 2.08. The predicted molar refractivity (Wildman–Crippen MR) is 104 cm³/mol. The fourth-order valence-electron chi connectivity index (χ4n) is 2.86. The summed E-state index contributed by atoms with van der Waals surface area (Å²) in [5.41, 5.74) is 0.924. The molecule has 0 heterocycles. The summed E-state index contributed by atoms with van der Waals surface area (Å²) < 4.78 is 11.0. The highest BCUT2D eigenvalue weighted by molar-refractivity contribution is 5.93. The average molecular weight is 348 g/mol. The monoisotopic (exact) mass is 348 g/mol. The number of ether oxygens (including phenoxy) is 2. The first kappa shape index (κ1) is 19.4. The zero-order valence-electron chi connectivity index (χ0n) is 16.1. The lowest BCUT2D eigenvalue weighted by Gasteiger charge is -2.23. The third-order valence-electron chi connectivity index (χ3n) is 4.34. The van der Waals surface area contributed by atoms with Crippen molar-refractivity contribution in [2.24, 2.45) is 10.9 Å². The van der Waals surface area contributed by atoms with Gasteiger partial charge in [-0.1, -0.05) is 0 Å². The van der Waals surface area contributed by atoms with Crippen LogP contribution in [0, 0.1) is 5.92 Å². The summed E-state index contributed by atoms with van der Waals surface area (Å²) in [6, 6.07) is 6.33. The van der Waals surface area contributed by atoms with Gasteiger partial charge in [0.15, 0.2) is 17.5 Å². The van der Waals surface area contributed by atoms with Gasteiger partial charge in [0.25, 0.3) is 0 Å². The van der Waals surface area contributed by atoms with Crippen LogP contribution in [-0.4, -0.2) is 57.8 Å². The van der Waals surface area contributed by atoms with Gasteiger partial charge in [-0.3, -0.25) is 4.99 Å². The number of hydrogen-bond acceptors (Lipinski definition) is 4. The molecule has 0 bridgehead atoms. The quantitative estimate of drug-likeness (QED) is 0.531. The molecule has 1 aromatic carbocycles. The number of aliphatic imine (C=N–C) groups is 1. The number of benzene rings is 1. The minimum atomic E-state index is 0.505. The van der Waals surface area contributed by atoms with Gasteiger partial charge in [-0.05, 0) is 58.8 Å². The number of anilines is 1. The number of methoxy groups -OCH3 is 1. The fourth-order valence-corrected chi connectivity index (χ4v) is 2.86. The Labute approximate surface area is 151 Å². The topological polar surface area (TPSA) is 58.1 Å². The second-order valence-electron chi connectivity index (χ2n) is 6.51. The maximum absolute atomic E-state index is 5.57. The van der Waals surface area contributed by atoms with E-state index in [1.807, 2.05) is 25.1 Å². The Hall–Kier alpha value is -1.95. The maximum Gasteiger partial charge on any atom is 0.195 e. The zero-order chi connectivity index (χ0) is 18.2. The molecule has 0 radical (unpaired) electrons. The van der Waals surface area contributed by atoms with Crippen LogP contribution in [0.3, 0.4) is 0 Å². The SMILES string of the molecule is CCNC(=NCC(C1CC1)N(C)C)Nc1ccc(OCC)c(OC)c1. The molecule has 0 spiro atoms. The van der Waals surface area contributed by atoms with E-state index in [9.17, 15) is 0 Å². The first-order valence-electron chi connectivity index (χ1n) is 9.11. The van der Waals surface area contributed by atoms with E-state index in [0.717, 1.165) is 36.4 Å². The highest BCUT2D eigenvalue weighted by Crippen LogP contribution is 2.34. The first-order valence-corrected chi connectivity index (χ1v) is 9.11. The van der Waals surface area contributed by atoms with Gasteiger partial charge >= 0.3 is 0 Å². The summed E-state index contributed by atoms with van der Waals surface area (Å²) in [5.74, 6) is 3.04. The van der Waals surface area contributed by atoms with Crippen molar-refractivity contribution in [3.63, 3.8) is 0 Å². The van der Waals surface area contributed by atoms with Crippen LogP contribution in [-0.2, 0) is 0 Å². The highest BCUT2D eigenvalue weighted by Gasteiger charge is 2.32. The molecule has 1 aliphatic rings. The van der Waals surface area contributed by atoms with Crippen LogP contribution in [0.5, 0.6) is 11.5 Å². The van der Waals surface area contributed by atoms with Gasteiger partial charge < -0.3 is 25.0 Å². The molecule has 2 N–H and O–H groups in total. The Morgan fingerprint density at radius 2 is 2.04 bits per heavy atom. The third kappa shape index (κ3) is 5.81. The lowest BCUT2D eigenvalue weighted by molar-refractivity contribution is 0.271. The molecule has 6 heteroatoms. The van der Waals surface area contributed by atoms with Gasteiger partial charge in [0.05, 0.1) is 20.3 Å². The summed E-state index contributed by atoms with van der Waals surface area (Å²) in [6.07, 6.45) is 2.64. The molecular formula is C19H32N4O2. The van der Waals surface area contributed by atoms with Gasteiger partial charge in [0.1, 0.15) is 0 Å². The highest BCUT2D eigenvalue weighted by atomic mass is 16.5. The van der Waals surface area contributed by atoms with E-state index < -0.39 is 0 Å². The lowest BCUT2D eigenvalue weighted by Crippen LogP contribution is -2.36. The number of nitrogens with zero attached hydrogens (tertiary/aromatic N) is 2. The molecule has 140 valence electrons. The summed E-state index contributed by atoms with van der Waals surface area (Å²) in [6.45, 7) is 6.25. The van der Waals surface area contributed by atoms with Gasteiger partial charge in [-0.15, -0.1) is 0 Å². The number of guanidine groups is 1. The van der Waals surface area contributed by atoms with Crippen LogP contribution in [0.25, 0.3) is 0 Å². The average Bonchev–Trinajstić information content (AvgIpc) is 3.41. The molecule has 0 saturated heterocycles. The molecule has 1 fully saturated rings. The van der Waals surface area contributed by atoms with Crippen molar-refractivity contribution in [1.82, 2.24) is 10.2 Å². The minimum Gasteiger partial charge on any atom is -0.493 e. The third-order valence-corrected chi connectivity index (χ3v) is 4.34. The van der Waals surface area contributed by atoms with E-state index in [1.54, 1.807) is 7.11 Å². The normalized spacial score (nSPS) is 15.8. The second kappa shape index (κ2) is 9.51. The number of likely N-dealkylation sites (N-methyl/N-ethyl adjacent to an activating group) is 1. The van der Waals surface area contributed by atoms with Gasteiger partial charge in [0.2, 0.25) is 0 Å². The smallest absolute Gasteiger partial charge is 0.195 e. The molecule has 2 rings (SSSR count). The summed E-state index contributed by atoms with van der Waals surface area (Å²) in [4.78, 5) is 7.07. The van der Waals surface area contributed by atoms with Crippen molar-refractivity contribution < 1.29 is 9.47 Å². The van der Waals surface area contributed by atoms with Crippen molar-refractivity contribution in [1.29, 1.82) is 0 Å². The van der Waals surface area contributed by atoms with Crippen LogP contribution < -0.4 is 20.1 Å². The van der Waals surface area contributed by atoms with Crippen molar-refractivity contribution >= 4 is 11.6 Å². The van der Waals surface area contributed by atoms with E-state index in [1.165, 1.54) is 12.8 Å². The van der Waals surface area contributed by atoms with Crippen LogP contribution in [0.2, 0.25) is 0 Å². The standard InChI is InChI=1S/C19H32N4O2/c1-6-20-19(21-13-16(23(3)4)14-8-9-14)22-15-10-11-17(25-7-2)18(12-15)24-5/h10-12,14,16H,6-9,13H2,1-5H3,(H2,20,21,22). The Kier molecular flexibility index (Phi) is 7.37. The maximum atomic E-state index is 5.57. The summed E-state index contributed by atoms with van der Waals surface area (Å²) in [5, 5.41) is 6.67. The van der Waals surface area contributed by atoms with Gasteiger partial charge in [-0.2, -0.15) is 0 Å². The van der Waals surface area contributed by atoms with Crippen LogP contribution >= 0.6 is 0 Å². The first-order chi connectivity index (χ1) is 12.1. The molecule has 1 atom stereocenters. The lowest BCUT2D eigenvalue weighted by atomic mass is 10.2. The largest absolute Gasteiger partial charge is 0.493 e. The molecule has 1 aromatic rings. The summed E-state index contributed by atoms with van der Waals surface area (Å²) in [7, 11) is 5.92. The van der Waals surface area contributed by atoms with E-state index >= 15 is 0 Å². The second-order valence-corrected chi connectivity index (χ2v) is 6.51. The zero-order valence-corrected chi connectivity index (χ0v) is 16.1. The Morgan fingerprint density at radius 1 is 1.28 bits per heavy atom. The van der Waals surface area contributed by atoms with Crippen molar-refractivity contribution in [2.75, 3.05) is 46.2 Å².